The summed E-state index contributed by atoms with van der Waals surface area (Å²) < 4.78 is 5.02. The van der Waals surface area contributed by atoms with Crippen molar-refractivity contribution in [1.29, 1.82) is 0 Å². The van der Waals surface area contributed by atoms with Crippen molar-refractivity contribution in [1.82, 2.24) is 20.3 Å². The number of amides is 1. The van der Waals surface area contributed by atoms with Crippen molar-refractivity contribution in [3.63, 3.8) is 0 Å². The molecule has 4 aromatic rings. The van der Waals surface area contributed by atoms with Crippen molar-refractivity contribution < 1.29 is 9.21 Å². The van der Waals surface area contributed by atoms with Gasteiger partial charge in [-0.15, -0.1) is 0 Å². The molecule has 2 aromatic carbocycles. The molecule has 0 fully saturated rings. The van der Waals surface area contributed by atoms with E-state index in [-0.39, 0.29) is 5.91 Å². The number of carbonyl (C=O) groups excluding carboxylic acids is 1. The number of carbonyl (C=O) groups is 1. The lowest BCUT2D eigenvalue weighted by Gasteiger charge is -2.11. The topological polar surface area (TPSA) is 125 Å². The lowest BCUT2D eigenvalue weighted by atomic mass is 10.1. The van der Waals surface area contributed by atoms with Gasteiger partial charge in [0.25, 0.3) is 5.91 Å². The minimum atomic E-state index is -0.495. The number of nitrogens with zero attached hydrogens (tertiary/aromatic N) is 2. The maximum Gasteiger partial charge on any atom is 0.417 e. The number of benzene rings is 2. The standard InChI is InChI=1S/C20H16N6O3/c1-10-8-22-19(24-12-3-2-11-9-21-18(27)14(11)6-12)26-17(10)23-13-4-5-16-15(7-13)25-20(28)29-16/h2-8H,9H2,1H3,(H,21,27)(H,25,28)(H2,22,23,24,26). The summed E-state index contributed by atoms with van der Waals surface area (Å²) in [5.74, 6) is 0.439. The number of fused-ring (bicyclic) bond motifs is 2. The molecule has 1 aliphatic heterocycles. The van der Waals surface area contributed by atoms with Gasteiger partial charge >= 0.3 is 5.76 Å². The number of hydrogen-bond acceptors (Lipinski definition) is 7. The predicted molar refractivity (Wildman–Crippen MR) is 108 cm³/mol. The number of aromatic nitrogens is 3. The Morgan fingerprint density at radius 3 is 2.79 bits per heavy atom. The second-order valence-corrected chi connectivity index (χ2v) is 6.76. The van der Waals surface area contributed by atoms with Crippen molar-refractivity contribution in [3.05, 3.63) is 69.8 Å². The fraction of sp³-hybridized carbons (Fsp3) is 0.100. The molecule has 1 aliphatic rings. The fourth-order valence-electron chi connectivity index (χ4n) is 3.21. The summed E-state index contributed by atoms with van der Waals surface area (Å²) >= 11 is 0. The van der Waals surface area contributed by atoms with Crippen molar-refractivity contribution in [3.8, 4) is 0 Å². The van der Waals surface area contributed by atoms with E-state index in [2.05, 4.69) is 30.9 Å². The molecule has 1 amide bonds. The van der Waals surface area contributed by atoms with Crippen LogP contribution in [-0.2, 0) is 6.54 Å². The lowest BCUT2D eigenvalue weighted by Crippen LogP contribution is -2.12. The molecule has 0 radical (unpaired) electrons. The summed E-state index contributed by atoms with van der Waals surface area (Å²) in [6.07, 6.45) is 1.70. The Kier molecular flexibility index (Phi) is 3.80. The van der Waals surface area contributed by atoms with Crippen LogP contribution in [0.2, 0.25) is 0 Å². The summed E-state index contributed by atoms with van der Waals surface area (Å²) in [6.45, 7) is 2.44. The third kappa shape index (κ3) is 3.18. The number of oxazole rings is 1. The zero-order chi connectivity index (χ0) is 20.0. The van der Waals surface area contributed by atoms with Gasteiger partial charge in [0.1, 0.15) is 5.82 Å². The smallest absolute Gasteiger partial charge is 0.408 e. The first-order valence-electron chi connectivity index (χ1n) is 8.97. The molecule has 0 saturated carbocycles. The highest BCUT2D eigenvalue weighted by Crippen LogP contribution is 2.25. The molecule has 9 nitrogen and oxygen atoms in total. The molecular weight excluding hydrogens is 372 g/mol. The number of hydrogen-bond donors (Lipinski definition) is 4. The first kappa shape index (κ1) is 17.0. The van der Waals surface area contributed by atoms with Crippen LogP contribution in [0.3, 0.4) is 0 Å². The van der Waals surface area contributed by atoms with E-state index in [4.69, 9.17) is 4.42 Å². The highest BCUT2D eigenvalue weighted by molar-refractivity contribution is 5.99. The van der Waals surface area contributed by atoms with Crippen LogP contribution in [-0.4, -0.2) is 20.9 Å². The molecule has 0 spiro atoms. The van der Waals surface area contributed by atoms with Crippen molar-refractivity contribution in [2.75, 3.05) is 10.6 Å². The second kappa shape index (κ2) is 6.48. The Bertz CT molecular complexity index is 1320. The van der Waals surface area contributed by atoms with Gasteiger partial charge in [-0.1, -0.05) is 6.07 Å². The molecule has 5 rings (SSSR count). The first-order valence-corrected chi connectivity index (χ1v) is 8.97. The monoisotopic (exact) mass is 388 g/mol. The Morgan fingerprint density at radius 2 is 1.90 bits per heavy atom. The molecular formula is C20H16N6O3. The second-order valence-electron chi connectivity index (χ2n) is 6.76. The van der Waals surface area contributed by atoms with Gasteiger partial charge in [0.2, 0.25) is 5.95 Å². The number of H-pyrrole nitrogens is 1. The molecule has 2 aromatic heterocycles. The number of nitrogens with one attached hydrogen (secondary N) is 4. The Morgan fingerprint density at radius 1 is 1.07 bits per heavy atom. The van der Waals surface area contributed by atoms with Crippen molar-refractivity contribution in [2.45, 2.75) is 13.5 Å². The van der Waals surface area contributed by atoms with Gasteiger partial charge in [-0.05, 0) is 42.8 Å². The van der Waals surface area contributed by atoms with Crippen molar-refractivity contribution in [2.24, 2.45) is 0 Å². The van der Waals surface area contributed by atoms with Crippen molar-refractivity contribution >= 4 is 40.1 Å². The largest absolute Gasteiger partial charge is 0.417 e. The van der Waals surface area contributed by atoms with Gasteiger partial charge in [0.05, 0.1) is 5.52 Å². The average molecular weight is 388 g/mol. The number of anilines is 4. The maximum absolute atomic E-state index is 11.9. The zero-order valence-corrected chi connectivity index (χ0v) is 15.4. The quantitative estimate of drug-likeness (QED) is 0.423. The first-order chi connectivity index (χ1) is 14.0. The summed E-state index contributed by atoms with van der Waals surface area (Å²) in [5.41, 5.74) is 5.04. The van der Waals surface area contributed by atoms with E-state index >= 15 is 0 Å². The summed E-state index contributed by atoms with van der Waals surface area (Å²) in [6, 6.07) is 10.9. The van der Waals surface area contributed by atoms with Gasteiger partial charge < -0.3 is 20.4 Å². The predicted octanol–water partition coefficient (Wildman–Crippen LogP) is 2.95. The minimum Gasteiger partial charge on any atom is -0.408 e. The Balaban J connectivity index is 1.41. The van der Waals surface area contributed by atoms with Crippen LogP contribution in [0.15, 0.2) is 51.8 Å². The number of aromatic amines is 1. The third-order valence-corrected chi connectivity index (χ3v) is 4.70. The van der Waals surface area contributed by atoms with Crippen LogP contribution in [0.4, 0.5) is 23.1 Å². The van der Waals surface area contributed by atoms with E-state index < -0.39 is 5.76 Å². The highest BCUT2D eigenvalue weighted by atomic mass is 16.4. The summed E-state index contributed by atoms with van der Waals surface area (Å²) in [7, 11) is 0. The van der Waals surface area contributed by atoms with Crippen LogP contribution >= 0.6 is 0 Å². The molecule has 0 unspecified atom stereocenters. The van der Waals surface area contributed by atoms with E-state index in [0.717, 1.165) is 22.5 Å². The molecule has 0 aliphatic carbocycles. The van der Waals surface area contributed by atoms with E-state index in [1.54, 1.807) is 30.5 Å². The van der Waals surface area contributed by atoms with Gasteiger partial charge in [0, 0.05) is 35.2 Å². The maximum atomic E-state index is 11.9. The number of aryl methyl sites for hydroxylation is 1. The van der Waals surface area contributed by atoms with Crippen LogP contribution < -0.4 is 21.7 Å². The zero-order valence-electron chi connectivity index (χ0n) is 15.4. The van der Waals surface area contributed by atoms with E-state index in [1.807, 2.05) is 19.1 Å². The third-order valence-electron chi connectivity index (χ3n) is 4.70. The normalized spacial score (nSPS) is 12.7. The molecule has 4 N–H and O–H groups in total. The molecule has 29 heavy (non-hydrogen) atoms. The van der Waals surface area contributed by atoms with Gasteiger partial charge in [-0.25, -0.2) is 9.78 Å². The molecule has 0 saturated heterocycles. The average Bonchev–Trinajstić information content (AvgIpc) is 3.26. The summed E-state index contributed by atoms with van der Waals surface area (Å²) in [5, 5.41) is 9.16. The van der Waals surface area contributed by atoms with Crippen LogP contribution in [0.25, 0.3) is 11.1 Å². The van der Waals surface area contributed by atoms with Gasteiger partial charge in [0.15, 0.2) is 5.58 Å². The van der Waals surface area contributed by atoms with E-state index in [1.165, 1.54) is 0 Å². The molecule has 9 heteroatoms. The van der Waals surface area contributed by atoms with E-state index in [0.29, 0.717) is 35.0 Å². The summed E-state index contributed by atoms with van der Waals surface area (Å²) in [4.78, 5) is 34.7. The van der Waals surface area contributed by atoms with Crippen LogP contribution in [0, 0.1) is 6.92 Å². The van der Waals surface area contributed by atoms with Gasteiger partial charge in [-0.2, -0.15) is 4.98 Å². The molecule has 3 heterocycles. The van der Waals surface area contributed by atoms with Crippen LogP contribution in [0.1, 0.15) is 21.5 Å². The van der Waals surface area contributed by atoms with E-state index in [9.17, 15) is 9.59 Å². The number of rotatable bonds is 4. The SMILES string of the molecule is Cc1cnc(Nc2ccc3c(c2)C(=O)NC3)nc1Nc1ccc2oc(=O)[nH]c2c1. The Labute approximate surface area is 164 Å². The van der Waals surface area contributed by atoms with Gasteiger partial charge in [-0.3, -0.25) is 9.78 Å². The molecule has 144 valence electrons. The molecule has 0 atom stereocenters. The lowest BCUT2D eigenvalue weighted by molar-refractivity contribution is 0.0966. The highest BCUT2D eigenvalue weighted by Gasteiger charge is 2.19. The fourth-order valence-corrected chi connectivity index (χ4v) is 3.21. The minimum absolute atomic E-state index is 0.0801. The molecule has 0 bridgehead atoms. The Hall–Kier alpha value is -4.14. The van der Waals surface area contributed by atoms with Crippen LogP contribution in [0.5, 0.6) is 0 Å².